The van der Waals surface area contributed by atoms with Crippen molar-refractivity contribution < 1.29 is 32.7 Å². The van der Waals surface area contributed by atoms with Gasteiger partial charge in [-0.25, -0.2) is 9.97 Å². The molecule has 190 valence electrons. The lowest BCUT2D eigenvalue weighted by Crippen LogP contribution is -2.36. The maximum absolute atomic E-state index is 13.1. The number of nitrogens with zero attached hydrogens (tertiary/aromatic N) is 4. The number of aryl methyl sites for hydroxylation is 1. The molecule has 1 fully saturated rings. The van der Waals surface area contributed by atoms with E-state index in [0.29, 0.717) is 48.6 Å². The van der Waals surface area contributed by atoms with Gasteiger partial charge in [0.25, 0.3) is 5.91 Å². The standard InChI is InChI=1S/C24H24F3N5O4/c1-14(33)15-7-9-31(10-8-15)19-11-21-28-16(5-6-22(34)35)12-32(21)13-18(19)30-23(36)17-3-2-4-20(29-17)24(25,26)27/h2-4,11-13,15H,5-10H2,1H3,(H,30,36)(H,34,35). The number of Topliss-reactive ketones (excluding diaryl/α,β-unsaturated/α-hetero) is 1. The van der Waals surface area contributed by atoms with Crippen LogP contribution in [-0.2, 0) is 22.2 Å². The monoisotopic (exact) mass is 503 g/mol. The quantitative estimate of drug-likeness (QED) is 0.503. The minimum Gasteiger partial charge on any atom is -0.481 e. The summed E-state index contributed by atoms with van der Waals surface area (Å²) in [4.78, 5) is 45.5. The van der Waals surface area contributed by atoms with Crippen molar-refractivity contribution in [3.05, 3.63) is 53.7 Å². The molecule has 1 aliphatic rings. The minimum absolute atomic E-state index is 0.0497. The molecule has 36 heavy (non-hydrogen) atoms. The fraction of sp³-hybridized carbons (Fsp3) is 0.375. The number of carbonyl (C=O) groups excluding carboxylic acids is 2. The third-order valence-electron chi connectivity index (χ3n) is 6.15. The van der Waals surface area contributed by atoms with Crippen LogP contribution in [0.4, 0.5) is 24.5 Å². The number of aliphatic carboxylic acids is 1. The number of anilines is 2. The van der Waals surface area contributed by atoms with Crippen LogP contribution >= 0.6 is 0 Å². The molecule has 0 bridgehead atoms. The predicted octanol–water partition coefficient (Wildman–Crippen LogP) is 3.82. The molecule has 0 aliphatic carbocycles. The normalized spacial score (nSPS) is 14.7. The average Bonchev–Trinajstić information content (AvgIpc) is 3.23. The number of nitrogens with one attached hydrogen (secondary N) is 1. The summed E-state index contributed by atoms with van der Waals surface area (Å²) in [5.74, 6) is -1.70. The number of amides is 1. The zero-order valence-corrected chi connectivity index (χ0v) is 19.4. The smallest absolute Gasteiger partial charge is 0.433 e. The molecule has 2 N–H and O–H groups in total. The number of hydrogen-bond acceptors (Lipinski definition) is 6. The van der Waals surface area contributed by atoms with Crippen LogP contribution in [-0.4, -0.2) is 50.2 Å². The Hall–Kier alpha value is -3.96. The van der Waals surface area contributed by atoms with Crippen LogP contribution in [0.5, 0.6) is 0 Å². The van der Waals surface area contributed by atoms with E-state index in [2.05, 4.69) is 15.3 Å². The van der Waals surface area contributed by atoms with Crippen molar-refractivity contribution >= 4 is 34.7 Å². The fourth-order valence-electron chi connectivity index (χ4n) is 4.22. The van der Waals surface area contributed by atoms with Crippen molar-refractivity contribution in [1.29, 1.82) is 0 Å². The van der Waals surface area contributed by atoms with E-state index in [1.165, 1.54) is 6.07 Å². The number of carboxylic acids is 1. The third-order valence-corrected chi connectivity index (χ3v) is 6.15. The maximum atomic E-state index is 13.1. The van der Waals surface area contributed by atoms with Gasteiger partial charge >= 0.3 is 12.1 Å². The number of halogens is 3. The van der Waals surface area contributed by atoms with Crippen LogP contribution in [0.15, 0.2) is 36.7 Å². The van der Waals surface area contributed by atoms with Crippen molar-refractivity contribution in [3.8, 4) is 0 Å². The van der Waals surface area contributed by atoms with Crippen LogP contribution in [0.3, 0.4) is 0 Å². The molecule has 3 aromatic rings. The van der Waals surface area contributed by atoms with Crippen LogP contribution < -0.4 is 10.2 Å². The molecule has 0 unspecified atom stereocenters. The van der Waals surface area contributed by atoms with E-state index in [9.17, 15) is 27.6 Å². The number of carboxylic acid groups (broad SMARTS) is 1. The van der Waals surface area contributed by atoms with Crippen molar-refractivity contribution in [2.75, 3.05) is 23.3 Å². The molecular weight excluding hydrogens is 479 g/mol. The van der Waals surface area contributed by atoms with E-state index in [-0.39, 0.29) is 30.2 Å². The van der Waals surface area contributed by atoms with Gasteiger partial charge in [-0.2, -0.15) is 13.2 Å². The average molecular weight is 503 g/mol. The summed E-state index contributed by atoms with van der Waals surface area (Å²) in [7, 11) is 0. The first kappa shape index (κ1) is 25.1. The van der Waals surface area contributed by atoms with Crippen molar-refractivity contribution in [2.24, 2.45) is 5.92 Å². The second-order valence-corrected chi connectivity index (χ2v) is 8.70. The number of alkyl halides is 3. The Labute approximate surface area is 204 Å². The third kappa shape index (κ3) is 5.64. The first-order chi connectivity index (χ1) is 17.0. The van der Waals surface area contributed by atoms with Gasteiger partial charge in [-0.05, 0) is 31.9 Å². The van der Waals surface area contributed by atoms with Gasteiger partial charge in [0.2, 0.25) is 0 Å². The first-order valence-electron chi connectivity index (χ1n) is 11.4. The Kier molecular flexibility index (Phi) is 6.95. The number of piperidine rings is 1. The number of imidazole rings is 1. The van der Waals surface area contributed by atoms with Gasteiger partial charge < -0.3 is 19.7 Å². The summed E-state index contributed by atoms with van der Waals surface area (Å²) in [5, 5.41) is 11.6. The molecule has 0 spiro atoms. The van der Waals surface area contributed by atoms with Crippen molar-refractivity contribution in [3.63, 3.8) is 0 Å². The molecule has 0 aromatic carbocycles. The molecule has 4 rings (SSSR count). The summed E-state index contributed by atoms with van der Waals surface area (Å²) < 4.78 is 40.8. The molecular formula is C24H24F3N5O4. The molecule has 1 amide bonds. The summed E-state index contributed by atoms with van der Waals surface area (Å²) >= 11 is 0. The lowest BCUT2D eigenvalue weighted by Gasteiger charge is -2.33. The Morgan fingerprint density at radius 1 is 1.14 bits per heavy atom. The Bertz CT molecular complexity index is 1310. The van der Waals surface area contributed by atoms with Crippen LogP contribution in [0.25, 0.3) is 5.65 Å². The van der Waals surface area contributed by atoms with Crippen LogP contribution in [0, 0.1) is 5.92 Å². The number of ketones is 1. The number of rotatable bonds is 7. The highest BCUT2D eigenvalue weighted by Crippen LogP contribution is 2.32. The molecule has 3 aromatic heterocycles. The Morgan fingerprint density at radius 2 is 1.86 bits per heavy atom. The largest absolute Gasteiger partial charge is 0.481 e. The topological polar surface area (TPSA) is 117 Å². The molecule has 0 radical (unpaired) electrons. The summed E-state index contributed by atoms with van der Waals surface area (Å²) in [6, 6.07) is 4.83. The minimum atomic E-state index is -4.69. The van der Waals surface area contributed by atoms with E-state index in [1.54, 1.807) is 29.8 Å². The molecule has 9 nitrogen and oxygen atoms in total. The lowest BCUT2D eigenvalue weighted by atomic mass is 9.93. The predicted molar refractivity (Wildman–Crippen MR) is 124 cm³/mol. The molecule has 1 saturated heterocycles. The van der Waals surface area contributed by atoms with Crippen molar-refractivity contribution in [1.82, 2.24) is 14.4 Å². The summed E-state index contributed by atoms with van der Waals surface area (Å²) in [5.41, 5.74) is 0.431. The van der Waals surface area contributed by atoms with Crippen LogP contribution in [0.2, 0.25) is 0 Å². The van der Waals surface area contributed by atoms with Gasteiger partial charge in [0.15, 0.2) is 0 Å². The summed E-state index contributed by atoms with van der Waals surface area (Å²) in [6.45, 7) is 2.64. The first-order valence-corrected chi connectivity index (χ1v) is 11.4. The zero-order valence-electron chi connectivity index (χ0n) is 19.4. The van der Waals surface area contributed by atoms with Gasteiger partial charge in [0, 0.05) is 43.9 Å². The Balaban J connectivity index is 1.67. The van der Waals surface area contributed by atoms with Gasteiger partial charge in [-0.15, -0.1) is 0 Å². The van der Waals surface area contributed by atoms with E-state index in [0.717, 1.165) is 12.1 Å². The van der Waals surface area contributed by atoms with E-state index < -0.39 is 23.7 Å². The second kappa shape index (κ2) is 9.96. The van der Waals surface area contributed by atoms with Gasteiger partial charge in [-0.3, -0.25) is 14.4 Å². The highest BCUT2D eigenvalue weighted by atomic mass is 19.4. The number of fused-ring (bicyclic) bond motifs is 1. The molecule has 12 heteroatoms. The SMILES string of the molecule is CC(=O)C1CCN(c2cc3nc(CCC(=O)O)cn3cc2NC(=O)c2cccc(C(F)(F)F)n2)CC1. The lowest BCUT2D eigenvalue weighted by molar-refractivity contribution is -0.141. The van der Waals surface area contributed by atoms with Crippen LogP contribution in [0.1, 0.15) is 48.1 Å². The van der Waals surface area contributed by atoms with Gasteiger partial charge in [-0.1, -0.05) is 6.07 Å². The zero-order chi connectivity index (χ0) is 26.0. The Morgan fingerprint density at radius 3 is 2.50 bits per heavy atom. The number of aromatic nitrogens is 3. The number of pyridine rings is 2. The highest BCUT2D eigenvalue weighted by Gasteiger charge is 2.33. The van der Waals surface area contributed by atoms with E-state index >= 15 is 0 Å². The maximum Gasteiger partial charge on any atom is 0.433 e. The highest BCUT2D eigenvalue weighted by molar-refractivity contribution is 6.04. The van der Waals surface area contributed by atoms with Crippen molar-refractivity contribution in [2.45, 2.75) is 38.8 Å². The molecule has 0 atom stereocenters. The summed E-state index contributed by atoms with van der Waals surface area (Å²) in [6.07, 6.45) is -0.0909. The number of hydrogen-bond donors (Lipinski definition) is 2. The van der Waals surface area contributed by atoms with Gasteiger partial charge in [0.05, 0.1) is 23.5 Å². The fourth-order valence-corrected chi connectivity index (χ4v) is 4.22. The molecule has 0 saturated carbocycles. The molecule has 1 aliphatic heterocycles. The van der Waals surface area contributed by atoms with E-state index in [4.69, 9.17) is 5.11 Å². The number of carbonyl (C=O) groups is 3. The second-order valence-electron chi connectivity index (χ2n) is 8.70. The van der Waals surface area contributed by atoms with Gasteiger partial charge in [0.1, 0.15) is 22.8 Å². The van der Waals surface area contributed by atoms with E-state index in [1.807, 2.05) is 4.90 Å². The molecule has 4 heterocycles.